The van der Waals surface area contributed by atoms with Gasteiger partial charge in [-0.05, 0) is 45.0 Å². The van der Waals surface area contributed by atoms with E-state index in [1.807, 2.05) is 80.1 Å². The molecule has 0 aliphatic heterocycles. The third kappa shape index (κ3) is 3.01. The Balaban J connectivity index is 1.92. The molecule has 0 bridgehead atoms. The Bertz CT molecular complexity index is 850. The molecule has 3 aromatic rings. The number of para-hydroxylation sites is 1. The number of aromatic nitrogens is 2. The van der Waals surface area contributed by atoms with Gasteiger partial charge in [-0.3, -0.25) is 4.79 Å². The number of aryl methyl sites for hydroxylation is 2. The summed E-state index contributed by atoms with van der Waals surface area (Å²) in [5.74, 6) is -0.118. The van der Waals surface area contributed by atoms with Crippen molar-refractivity contribution in [3.8, 4) is 5.69 Å². The molecule has 2 aromatic carbocycles. The molecule has 0 radical (unpaired) electrons. The molecule has 116 valence electrons. The summed E-state index contributed by atoms with van der Waals surface area (Å²) in [6.45, 7) is 5.83. The van der Waals surface area contributed by atoms with E-state index in [1.165, 1.54) is 0 Å². The first-order valence-electron chi connectivity index (χ1n) is 7.56. The van der Waals surface area contributed by atoms with E-state index in [-0.39, 0.29) is 5.91 Å². The predicted molar refractivity (Wildman–Crippen MR) is 92.2 cm³/mol. The first kappa shape index (κ1) is 15.0. The first-order chi connectivity index (χ1) is 11.1. The van der Waals surface area contributed by atoms with Crippen molar-refractivity contribution in [2.45, 2.75) is 20.8 Å². The van der Waals surface area contributed by atoms with Gasteiger partial charge in [0.15, 0.2) is 0 Å². The van der Waals surface area contributed by atoms with Crippen LogP contribution in [0.4, 0.5) is 5.69 Å². The number of rotatable bonds is 3. The summed E-state index contributed by atoms with van der Waals surface area (Å²) in [6, 6.07) is 17.4. The van der Waals surface area contributed by atoms with Gasteiger partial charge in [-0.2, -0.15) is 5.10 Å². The number of benzene rings is 2. The van der Waals surface area contributed by atoms with Crippen LogP contribution in [-0.4, -0.2) is 15.7 Å². The lowest BCUT2D eigenvalue weighted by Gasteiger charge is -2.07. The maximum absolute atomic E-state index is 12.5. The summed E-state index contributed by atoms with van der Waals surface area (Å²) in [4.78, 5) is 12.5. The van der Waals surface area contributed by atoms with Crippen molar-refractivity contribution in [1.29, 1.82) is 0 Å². The first-order valence-corrected chi connectivity index (χ1v) is 7.56. The second-order valence-electron chi connectivity index (χ2n) is 5.62. The van der Waals surface area contributed by atoms with Gasteiger partial charge in [0, 0.05) is 5.56 Å². The second kappa shape index (κ2) is 6.08. The van der Waals surface area contributed by atoms with Gasteiger partial charge in [-0.1, -0.05) is 35.9 Å². The average Bonchev–Trinajstić information content (AvgIpc) is 2.84. The van der Waals surface area contributed by atoms with Crippen molar-refractivity contribution in [3.63, 3.8) is 0 Å². The van der Waals surface area contributed by atoms with Crippen LogP contribution < -0.4 is 5.32 Å². The van der Waals surface area contributed by atoms with Crippen LogP contribution in [0.5, 0.6) is 0 Å². The average molecular weight is 305 g/mol. The van der Waals surface area contributed by atoms with Gasteiger partial charge >= 0.3 is 0 Å². The molecule has 0 atom stereocenters. The van der Waals surface area contributed by atoms with Crippen molar-refractivity contribution in [2.24, 2.45) is 0 Å². The lowest BCUT2D eigenvalue weighted by Crippen LogP contribution is -2.13. The third-order valence-electron chi connectivity index (χ3n) is 3.81. The van der Waals surface area contributed by atoms with Crippen molar-refractivity contribution in [1.82, 2.24) is 9.78 Å². The largest absolute Gasteiger partial charge is 0.319 e. The molecule has 1 heterocycles. The number of carbonyl (C=O) groups is 1. The quantitative estimate of drug-likeness (QED) is 0.793. The number of hydrogen-bond acceptors (Lipinski definition) is 2. The number of anilines is 1. The van der Waals surface area contributed by atoms with E-state index in [2.05, 4.69) is 10.4 Å². The van der Waals surface area contributed by atoms with Crippen LogP contribution in [0.3, 0.4) is 0 Å². The Kier molecular flexibility index (Phi) is 3.98. The van der Waals surface area contributed by atoms with Gasteiger partial charge in [0.25, 0.3) is 5.91 Å². The lowest BCUT2D eigenvalue weighted by molar-refractivity contribution is 0.102. The monoisotopic (exact) mass is 305 g/mol. The number of nitrogens with one attached hydrogen (secondary N) is 1. The van der Waals surface area contributed by atoms with Crippen LogP contribution in [0.15, 0.2) is 54.6 Å². The number of nitrogens with zero attached hydrogens (tertiary/aromatic N) is 2. The Morgan fingerprint density at radius 2 is 1.74 bits per heavy atom. The van der Waals surface area contributed by atoms with Crippen LogP contribution in [0.1, 0.15) is 27.3 Å². The van der Waals surface area contributed by atoms with Crippen LogP contribution in [0.25, 0.3) is 5.69 Å². The van der Waals surface area contributed by atoms with Crippen LogP contribution in [0, 0.1) is 20.8 Å². The fourth-order valence-corrected chi connectivity index (χ4v) is 2.62. The fraction of sp³-hybridized carbons (Fsp3) is 0.158. The molecule has 0 aliphatic rings. The van der Waals surface area contributed by atoms with E-state index in [1.54, 1.807) is 0 Å². The molecule has 1 aromatic heterocycles. The zero-order valence-corrected chi connectivity index (χ0v) is 13.5. The normalized spacial score (nSPS) is 10.6. The molecule has 0 unspecified atom stereocenters. The summed E-state index contributed by atoms with van der Waals surface area (Å²) in [6.07, 6.45) is 0. The fourth-order valence-electron chi connectivity index (χ4n) is 2.62. The highest BCUT2D eigenvalue weighted by molar-refractivity contribution is 6.05. The van der Waals surface area contributed by atoms with Gasteiger partial charge in [0.05, 0.1) is 22.8 Å². The molecule has 4 nitrogen and oxygen atoms in total. The van der Waals surface area contributed by atoms with Crippen molar-refractivity contribution in [3.05, 3.63) is 77.1 Å². The van der Waals surface area contributed by atoms with Gasteiger partial charge in [-0.15, -0.1) is 0 Å². The molecule has 23 heavy (non-hydrogen) atoms. The van der Waals surface area contributed by atoms with Crippen LogP contribution >= 0.6 is 0 Å². The second-order valence-corrected chi connectivity index (χ2v) is 5.62. The molecule has 0 saturated heterocycles. The number of carbonyl (C=O) groups excluding carboxylic acids is 1. The highest BCUT2D eigenvalue weighted by Crippen LogP contribution is 2.23. The summed E-state index contributed by atoms with van der Waals surface area (Å²) in [7, 11) is 0. The third-order valence-corrected chi connectivity index (χ3v) is 3.81. The van der Waals surface area contributed by atoms with E-state index in [0.29, 0.717) is 5.56 Å². The Hall–Kier alpha value is -2.88. The van der Waals surface area contributed by atoms with E-state index in [0.717, 1.165) is 28.3 Å². The molecule has 1 amide bonds. The number of hydrogen-bond donors (Lipinski definition) is 1. The maximum Gasteiger partial charge on any atom is 0.255 e. The zero-order valence-electron chi connectivity index (χ0n) is 13.5. The minimum absolute atomic E-state index is 0.118. The summed E-state index contributed by atoms with van der Waals surface area (Å²) >= 11 is 0. The SMILES string of the molecule is Cc1cccc(C(=O)Nc2c(C)nn(-c3ccccc3)c2C)c1. The number of amides is 1. The van der Waals surface area contributed by atoms with E-state index >= 15 is 0 Å². The minimum atomic E-state index is -0.118. The molecular formula is C19H19N3O. The highest BCUT2D eigenvalue weighted by atomic mass is 16.1. The Labute approximate surface area is 135 Å². The molecule has 0 spiro atoms. The molecule has 0 fully saturated rings. The lowest BCUT2D eigenvalue weighted by atomic mass is 10.1. The maximum atomic E-state index is 12.5. The summed E-state index contributed by atoms with van der Waals surface area (Å²) in [5, 5.41) is 7.54. The van der Waals surface area contributed by atoms with Crippen LogP contribution in [0.2, 0.25) is 0 Å². The molecular weight excluding hydrogens is 286 g/mol. The van der Waals surface area contributed by atoms with Gasteiger partial charge in [0.1, 0.15) is 0 Å². The molecule has 0 aliphatic carbocycles. The molecule has 4 heteroatoms. The van der Waals surface area contributed by atoms with E-state index < -0.39 is 0 Å². The van der Waals surface area contributed by atoms with Crippen molar-refractivity contribution >= 4 is 11.6 Å². The zero-order chi connectivity index (χ0) is 16.4. The minimum Gasteiger partial charge on any atom is -0.319 e. The van der Waals surface area contributed by atoms with Gasteiger partial charge < -0.3 is 5.32 Å². The smallest absolute Gasteiger partial charge is 0.255 e. The van der Waals surface area contributed by atoms with Gasteiger partial charge in [-0.25, -0.2) is 4.68 Å². The van der Waals surface area contributed by atoms with E-state index in [4.69, 9.17) is 0 Å². The Morgan fingerprint density at radius 1 is 1.00 bits per heavy atom. The Morgan fingerprint density at radius 3 is 2.43 bits per heavy atom. The highest BCUT2D eigenvalue weighted by Gasteiger charge is 2.16. The summed E-state index contributed by atoms with van der Waals surface area (Å²) in [5.41, 5.74) is 5.16. The van der Waals surface area contributed by atoms with E-state index in [9.17, 15) is 4.79 Å². The molecule has 3 rings (SSSR count). The molecule has 1 N–H and O–H groups in total. The topological polar surface area (TPSA) is 46.9 Å². The summed E-state index contributed by atoms with van der Waals surface area (Å²) < 4.78 is 1.85. The van der Waals surface area contributed by atoms with Crippen molar-refractivity contribution in [2.75, 3.05) is 5.32 Å². The van der Waals surface area contributed by atoms with Crippen LogP contribution in [-0.2, 0) is 0 Å². The predicted octanol–water partition coefficient (Wildman–Crippen LogP) is 4.05. The van der Waals surface area contributed by atoms with Gasteiger partial charge in [0.2, 0.25) is 0 Å². The standard InChI is InChI=1S/C19H19N3O/c1-13-8-7-9-16(12-13)19(23)20-18-14(2)21-22(15(18)3)17-10-5-4-6-11-17/h4-12H,1-3H3,(H,20,23). The van der Waals surface area contributed by atoms with Crippen molar-refractivity contribution < 1.29 is 4.79 Å². The molecule has 0 saturated carbocycles.